The molecule has 3 nitrogen and oxygen atoms in total. The molecule has 18 heavy (non-hydrogen) atoms. The van der Waals surface area contributed by atoms with E-state index in [2.05, 4.69) is 18.1 Å². The molecular formula is C14H30N2OS. The van der Waals surface area contributed by atoms with Crippen LogP contribution in [0.3, 0.4) is 0 Å². The van der Waals surface area contributed by atoms with Crippen LogP contribution in [0.25, 0.3) is 0 Å². The summed E-state index contributed by atoms with van der Waals surface area (Å²) in [5.74, 6) is 1.25. The van der Waals surface area contributed by atoms with Crippen LogP contribution in [-0.4, -0.2) is 55.3 Å². The average Bonchev–Trinajstić information content (AvgIpc) is 2.42. The quantitative estimate of drug-likeness (QED) is 0.655. The number of likely N-dealkylation sites (tertiary alicyclic amines) is 1. The van der Waals surface area contributed by atoms with E-state index >= 15 is 0 Å². The summed E-state index contributed by atoms with van der Waals surface area (Å²) < 4.78 is 5.90. The third-order valence-corrected chi connectivity index (χ3v) is 4.34. The normalized spacial score (nSPS) is 23.2. The summed E-state index contributed by atoms with van der Waals surface area (Å²) in [5.41, 5.74) is 5.94. The van der Waals surface area contributed by atoms with Crippen molar-refractivity contribution in [2.45, 2.75) is 51.2 Å². The van der Waals surface area contributed by atoms with Gasteiger partial charge in [0.15, 0.2) is 0 Å². The lowest BCUT2D eigenvalue weighted by Gasteiger charge is -2.37. The van der Waals surface area contributed by atoms with Crippen molar-refractivity contribution in [1.82, 2.24) is 4.90 Å². The van der Waals surface area contributed by atoms with E-state index in [1.165, 1.54) is 38.0 Å². The van der Waals surface area contributed by atoms with Crippen molar-refractivity contribution in [1.29, 1.82) is 0 Å². The largest absolute Gasteiger partial charge is 0.377 e. The van der Waals surface area contributed by atoms with Crippen molar-refractivity contribution in [2.24, 2.45) is 5.73 Å². The van der Waals surface area contributed by atoms with Gasteiger partial charge in [0.2, 0.25) is 0 Å². The van der Waals surface area contributed by atoms with E-state index in [-0.39, 0.29) is 0 Å². The van der Waals surface area contributed by atoms with Crippen LogP contribution in [0.1, 0.15) is 39.0 Å². The standard InChI is InChI=1S/C14H30N2OS/c1-3-9-17-14-7-4-8-16(12-14)13(11-15)6-5-10-18-2/h13-14H,3-12,15H2,1-2H3. The Balaban J connectivity index is 2.32. The molecule has 1 aliphatic rings. The summed E-state index contributed by atoms with van der Waals surface area (Å²) in [6, 6.07) is 0.560. The van der Waals surface area contributed by atoms with E-state index in [0.29, 0.717) is 12.1 Å². The lowest BCUT2D eigenvalue weighted by atomic mass is 10.0. The van der Waals surface area contributed by atoms with Crippen molar-refractivity contribution in [3.05, 3.63) is 0 Å². The fraction of sp³-hybridized carbons (Fsp3) is 1.00. The number of nitrogens with zero attached hydrogens (tertiary/aromatic N) is 1. The van der Waals surface area contributed by atoms with Crippen LogP contribution in [0.4, 0.5) is 0 Å². The summed E-state index contributed by atoms with van der Waals surface area (Å²) in [5, 5.41) is 0. The number of thioether (sulfide) groups is 1. The van der Waals surface area contributed by atoms with Gasteiger partial charge in [-0.1, -0.05) is 6.92 Å². The second-order valence-corrected chi connectivity index (χ2v) is 6.14. The maximum atomic E-state index is 5.94. The van der Waals surface area contributed by atoms with E-state index in [4.69, 9.17) is 10.5 Å². The van der Waals surface area contributed by atoms with Gasteiger partial charge in [0, 0.05) is 25.7 Å². The zero-order chi connectivity index (χ0) is 13.2. The maximum Gasteiger partial charge on any atom is 0.0702 e. The SMILES string of the molecule is CCCOC1CCCN(C(CN)CCCSC)C1. The Bertz CT molecular complexity index is 204. The van der Waals surface area contributed by atoms with Crippen molar-refractivity contribution in [2.75, 3.05) is 38.2 Å². The minimum Gasteiger partial charge on any atom is -0.377 e. The molecule has 2 N–H and O–H groups in total. The molecule has 0 saturated carbocycles. The average molecular weight is 274 g/mol. The Kier molecular flexibility index (Phi) is 9.11. The van der Waals surface area contributed by atoms with Crippen LogP contribution < -0.4 is 5.73 Å². The van der Waals surface area contributed by atoms with Crippen LogP contribution >= 0.6 is 11.8 Å². The molecule has 0 radical (unpaired) electrons. The Morgan fingerprint density at radius 1 is 1.50 bits per heavy atom. The number of nitrogens with two attached hydrogens (primary N) is 1. The molecule has 2 unspecified atom stereocenters. The first-order valence-corrected chi connectivity index (χ1v) is 8.75. The minimum atomic E-state index is 0.438. The number of piperidine rings is 1. The summed E-state index contributed by atoms with van der Waals surface area (Å²) in [7, 11) is 0. The second kappa shape index (κ2) is 10.1. The fourth-order valence-corrected chi connectivity index (χ4v) is 3.09. The molecule has 1 fully saturated rings. The minimum absolute atomic E-state index is 0.438. The molecule has 108 valence electrons. The predicted molar refractivity (Wildman–Crippen MR) is 81.3 cm³/mol. The molecule has 1 heterocycles. The van der Waals surface area contributed by atoms with E-state index < -0.39 is 0 Å². The topological polar surface area (TPSA) is 38.5 Å². The van der Waals surface area contributed by atoms with Crippen molar-refractivity contribution < 1.29 is 4.74 Å². The van der Waals surface area contributed by atoms with Gasteiger partial charge in [-0.25, -0.2) is 0 Å². The molecule has 1 aliphatic heterocycles. The lowest BCUT2D eigenvalue weighted by molar-refractivity contribution is -0.0124. The van der Waals surface area contributed by atoms with E-state index in [1.54, 1.807) is 0 Å². The Morgan fingerprint density at radius 3 is 3.00 bits per heavy atom. The Morgan fingerprint density at radius 2 is 2.33 bits per heavy atom. The molecule has 0 aromatic rings. The Hall–Kier alpha value is 0.230. The van der Waals surface area contributed by atoms with Crippen molar-refractivity contribution in [3.63, 3.8) is 0 Å². The molecule has 4 heteroatoms. The van der Waals surface area contributed by atoms with Crippen LogP contribution in [0.2, 0.25) is 0 Å². The van der Waals surface area contributed by atoms with Crippen LogP contribution in [-0.2, 0) is 4.74 Å². The monoisotopic (exact) mass is 274 g/mol. The van der Waals surface area contributed by atoms with Crippen LogP contribution in [0, 0.1) is 0 Å². The third-order valence-electron chi connectivity index (χ3n) is 3.64. The molecule has 0 spiro atoms. The van der Waals surface area contributed by atoms with Gasteiger partial charge in [0.05, 0.1) is 6.10 Å². The molecule has 0 aromatic heterocycles. The van der Waals surface area contributed by atoms with Gasteiger partial charge in [-0.15, -0.1) is 0 Å². The number of ether oxygens (including phenoxy) is 1. The van der Waals surface area contributed by atoms with Crippen molar-refractivity contribution >= 4 is 11.8 Å². The highest BCUT2D eigenvalue weighted by atomic mass is 32.2. The highest BCUT2D eigenvalue weighted by Gasteiger charge is 2.25. The highest BCUT2D eigenvalue weighted by molar-refractivity contribution is 7.98. The molecule has 2 atom stereocenters. The van der Waals surface area contributed by atoms with Crippen LogP contribution in [0.15, 0.2) is 0 Å². The van der Waals surface area contributed by atoms with Gasteiger partial charge in [0.25, 0.3) is 0 Å². The molecule has 0 aromatic carbocycles. The van der Waals surface area contributed by atoms with E-state index in [0.717, 1.165) is 26.1 Å². The molecule has 0 amide bonds. The van der Waals surface area contributed by atoms with Crippen molar-refractivity contribution in [3.8, 4) is 0 Å². The van der Waals surface area contributed by atoms with Gasteiger partial charge in [-0.2, -0.15) is 11.8 Å². The van der Waals surface area contributed by atoms with Gasteiger partial charge >= 0.3 is 0 Å². The first-order valence-electron chi connectivity index (χ1n) is 7.36. The lowest BCUT2D eigenvalue weighted by Crippen LogP contribution is -2.48. The molecule has 0 aliphatic carbocycles. The summed E-state index contributed by atoms with van der Waals surface area (Å²) in [6.07, 6.45) is 8.72. The van der Waals surface area contributed by atoms with Crippen LogP contribution in [0.5, 0.6) is 0 Å². The second-order valence-electron chi connectivity index (χ2n) is 5.15. The van der Waals surface area contributed by atoms with Gasteiger partial charge < -0.3 is 10.5 Å². The zero-order valence-electron chi connectivity index (χ0n) is 12.1. The van der Waals surface area contributed by atoms with E-state index in [9.17, 15) is 0 Å². The molecular weight excluding hydrogens is 244 g/mol. The summed E-state index contributed by atoms with van der Waals surface area (Å²) in [4.78, 5) is 2.56. The third kappa shape index (κ3) is 5.91. The molecule has 1 rings (SSSR count). The smallest absolute Gasteiger partial charge is 0.0702 e. The zero-order valence-corrected chi connectivity index (χ0v) is 12.9. The van der Waals surface area contributed by atoms with E-state index in [1.807, 2.05) is 11.8 Å². The first-order chi connectivity index (χ1) is 8.81. The fourth-order valence-electron chi connectivity index (χ4n) is 2.63. The summed E-state index contributed by atoms with van der Waals surface area (Å²) >= 11 is 1.93. The predicted octanol–water partition coefficient (Wildman–Crippen LogP) is 2.35. The Labute approximate surface area is 117 Å². The number of rotatable bonds is 9. The van der Waals surface area contributed by atoms with Gasteiger partial charge in [0.1, 0.15) is 0 Å². The number of hydrogen-bond acceptors (Lipinski definition) is 4. The summed E-state index contributed by atoms with van der Waals surface area (Å²) in [6.45, 7) is 6.15. The molecule has 1 saturated heterocycles. The first kappa shape index (κ1) is 16.3. The number of hydrogen-bond donors (Lipinski definition) is 1. The molecule has 0 bridgehead atoms. The van der Waals surface area contributed by atoms with Gasteiger partial charge in [-0.05, 0) is 50.7 Å². The maximum absolute atomic E-state index is 5.94. The highest BCUT2D eigenvalue weighted by Crippen LogP contribution is 2.18. The van der Waals surface area contributed by atoms with Gasteiger partial charge in [-0.3, -0.25) is 4.90 Å².